The molecule has 0 aliphatic heterocycles. The molecule has 1 aromatic heterocycles. The molecule has 2 N–H and O–H groups in total. The van der Waals surface area contributed by atoms with Gasteiger partial charge < -0.3 is 5.32 Å². The molecule has 0 radical (unpaired) electrons. The number of hydrogen-bond acceptors (Lipinski definition) is 4. The predicted octanol–water partition coefficient (Wildman–Crippen LogP) is 3.18. The molecule has 2 aliphatic carbocycles. The number of aromatic amines is 1. The number of hydrogen-bond donors (Lipinski definition) is 2. The van der Waals surface area contributed by atoms with E-state index in [2.05, 4.69) is 39.6 Å². The normalized spacial score (nSPS) is 25.1. The van der Waals surface area contributed by atoms with Crippen LogP contribution in [0.4, 0.5) is 0 Å². The van der Waals surface area contributed by atoms with Crippen molar-refractivity contribution in [1.82, 2.24) is 20.5 Å². The summed E-state index contributed by atoms with van der Waals surface area (Å²) < 4.78 is 0. The zero-order chi connectivity index (χ0) is 16.5. The summed E-state index contributed by atoms with van der Waals surface area (Å²) in [5.74, 6) is 2.77. The highest BCUT2D eigenvalue weighted by molar-refractivity contribution is 7.99. The first kappa shape index (κ1) is 15.7. The van der Waals surface area contributed by atoms with E-state index in [0.29, 0.717) is 22.9 Å². The predicted molar refractivity (Wildman–Crippen MR) is 94.7 cm³/mol. The first-order chi connectivity index (χ1) is 11.7. The van der Waals surface area contributed by atoms with Crippen LogP contribution in [0.25, 0.3) is 11.4 Å². The maximum Gasteiger partial charge on any atom is 0.230 e. The van der Waals surface area contributed by atoms with Gasteiger partial charge in [-0.05, 0) is 44.1 Å². The molecule has 5 nitrogen and oxygen atoms in total. The van der Waals surface area contributed by atoms with Crippen molar-refractivity contribution in [2.75, 3.05) is 5.75 Å². The SMILES string of the molecule is Cc1cccc(-c2nc(SCC(=O)N[C@@H]3C[C@@H]4CC[C@@H]3C4)n[nH]2)c1. The highest BCUT2D eigenvalue weighted by atomic mass is 32.2. The highest BCUT2D eigenvalue weighted by Crippen LogP contribution is 2.44. The van der Waals surface area contributed by atoms with E-state index in [0.717, 1.165) is 17.3 Å². The van der Waals surface area contributed by atoms with Crippen molar-refractivity contribution in [3.05, 3.63) is 29.8 Å². The van der Waals surface area contributed by atoms with Crippen LogP contribution < -0.4 is 5.32 Å². The lowest BCUT2D eigenvalue weighted by molar-refractivity contribution is -0.119. The molecular weight excluding hydrogens is 320 g/mol. The van der Waals surface area contributed by atoms with Gasteiger partial charge in [0.1, 0.15) is 0 Å². The molecule has 2 saturated carbocycles. The summed E-state index contributed by atoms with van der Waals surface area (Å²) in [7, 11) is 0. The van der Waals surface area contributed by atoms with Crippen molar-refractivity contribution >= 4 is 17.7 Å². The number of nitrogens with one attached hydrogen (secondary N) is 2. The number of thioether (sulfide) groups is 1. The molecule has 0 unspecified atom stereocenters. The monoisotopic (exact) mass is 342 g/mol. The summed E-state index contributed by atoms with van der Waals surface area (Å²) in [5.41, 5.74) is 2.20. The third-order valence-corrected chi connectivity index (χ3v) is 6.02. The second-order valence-electron chi connectivity index (χ2n) is 6.97. The third kappa shape index (κ3) is 3.34. The first-order valence-corrected chi connectivity index (χ1v) is 9.57. The van der Waals surface area contributed by atoms with E-state index in [-0.39, 0.29) is 5.91 Å². The van der Waals surface area contributed by atoms with Crippen molar-refractivity contribution in [1.29, 1.82) is 0 Å². The number of benzene rings is 1. The summed E-state index contributed by atoms with van der Waals surface area (Å²) in [6.45, 7) is 2.05. The average molecular weight is 342 g/mol. The molecule has 4 rings (SSSR count). The lowest BCUT2D eigenvalue weighted by atomic mass is 9.95. The number of nitrogens with zero attached hydrogens (tertiary/aromatic N) is 2. The second kappa shape index (κ2) is 6.59. The van der Waals surface area contributed by atoms with Gasteiger partial charge in [-0.3, -0.25) is 9.89 Å². The van der Waals surface area contributed by atoms with E-state index in [1.807, 2.05) is 12.1 Å². The zero-order valence-electron chi connectivity index (χ0n) is 13.8. The molecule has 24 heavy (non-hydrogen) atoms. The van der Waals surface area contributed by atoms with Crippen molar-refractivity contribution in [2.24, 2.45) is 11.8 Å². The molecule has 2 aromatic rings. The lowest BCUT2D eigenvalue weighted by Gasteiger charge is -2.22. The van der Waals surface area contributed by atoms with Crippen LogP contribution in [-0.2, 0) is 4.79 Å². The largest absolute Gasteiger partial charge is 0.352 e. The van der Waals surface area contributed by atoms with Crippen LogP contribution in [0.2, 0.25) is 0 Å². The number of H-pyrrole nitrogens is 1. The third-order valence-electron chi connectivity index (χ3n) is 5.17. The summed E-state index contributed by atoms with van der Waals surface area (Å²) >= 11 is 1.39. The molecule has 3 atom stereocenters. The van der Waals surface area contributed by atoms with E-state index in [4.69, 9.17) is 0 Å². The smallest absolute Gasteiger partial charge is 0.230 e. The van der Waals surface area contributed by atoms with Crippen LogP contribution in [0, 0.1) is 18.8 Å². The molecular formula is C18H22N4OS. The fourth-order valence-electron chi connectivity index (χ4n) is 4.03. The van der Waals surface area contributed by atoms with Gasteiger partial charge in [0.15, 0.2) is 5.82 Å². The average Bonchev–Trinajstić information content (AvgIpc) is 3.29. The van der Waals surface area contributed by atoms with Gasteiger partial charge >= 0.3 is 0 Å². The standard InChI is InChI=1S/C18H22N4OS/c1-11-3-2-4-14(7-11)17-20-18(22-21-17)24-10-16(23)19-15-9-12-5-6-13(15)8-12/h2-4,7,12-13,15H,5-6,8-10H2,1H3,(H,19,23)(H,20,21,22)/t12-,13-,15-/m1/s1. The summed E-state index contributed by atoms with van der Waals surface area (Å²) in [6.07, 6.45) is 5.10. The molecule has 2 aliphatic rings. The van der Waals surface area contributed by atoms with Gasteiger partial charge in [0.2, 0.25) is 11.1 Å². The van der Waals surface area contributed by atoms with E-state index in [1.165, 1.54) is 43.0 Å². The van der Waals surface area contributed by atoms with Crippen molar-refractivity contribution in [3.8, 4) is 11.4 Å². The Kier molecular flexibility index (Phi) is 4.31. The Bertz CT molecular complexity index is 744. The molecule has 2 fully saturated rings. The molecule has 126 valence electrons. The van der Waals surface area contributed by atoms with Crippen molar-refractivity contribution in [2.45, 2.75) is 43.8 Å². The van der Waals surface area contributed by atoms with Crippen LogP contribution in [-0.4, -0.2) is 32.9 Å². The number of carbonyl (C=O) groups is 1. The quantitative estimate of drug-likeness (QED) is 0.819. The van der Waals surface area contributed by atoms with Gasteiger partial charge in [0.25, 0.3) is 0 Å². The topological polar surface area (TPSA) is 70.7 Å². The second-order valence-corrected chi connectivity index (χ2v) is 7.92. The number of aromatic nitrogens is 3. The molecule has 2 bridgehead atoms. The summed E-state index contributed by atoms with van der Waals surface area (Å²) in [5, 5.41) is 11.0. The molecule has 0 spiro atoms. The number of fused-ring (bicyclic) bond motifs is 2. The van der Waals surface area contributed by atoms with Gasteiger partial charge in [0.05, 0.1) is 5.75 Å². The fourth-order valence-corrected chi connectivity index (χ4v) is 4.64. The molecule has 1 aromatic carbocycles. The zero-order valence-corrected chi connectivity index (χ0v) is 14.6. The van der Waals surface area contributed by atoms with E-state index < -0.39 is 0 Å². The molecule has 1 amide bonds. The maximum atomic E-state index is 12.2. The van der Waals surface area contributed by atoms with Gasteiger partial charge in [-0.1, -0.05) is 41.9 Å². The lowest BCUT2D eigenvalue weighted by Crippen LogP contribution is -2.39. The van der Waals surface area contributed by atoms with Crippen LogP contribution >= 0.6 is 11.8 Å². The fraction of sp³-hybridized carbons (Fsp3) is 0.500. The Morgan fingerprint density at radius 2 is 2.29 bits per heavy atom. The number of aryl methyl sites for hydroxylation is 1. The summed E-state index contributed by atoms with van der Waals surface area (Å²) in [4.78, 5) is 16.7. The van der Waals surface area contributed by atoms with E-state index in [9.17, 15) is 4.79 Å². The Hall–Kier alpha value is -1.82. The minimum absolute atomic E-state index is 0.0967. The first-order valence-electron chi connectivity index (χ1n) is 8.59. The number of carbonyl (C=O) groups excluding carboxylic acids is 1. The Balaban J connectivity index is 1.31. The van der Waals surface area contributed by atoms with Crippen molar-refractivity contribution < 1.29 is 4.79 Å². The van der Waals surface area contributed by atoms with E-state index in [1.54, 1.807) is 0 Å². The summed E-state index contributed by atoms with van der Waals surface area (Å²) in [6, 6.07) is 8.52. The van der Waals surface area contributed by atoms with Crippen LogP contribution in [0.3, 0.4) is 0 Å². The minimum Gasteiger partial charge on any atom is -0.352 e. The Morgan fingerprint density at radius 3 is 3.04 bits per heavy atom. The van der Waals surface area contributed by atoms with Gasteiger partial charge in [-0.15, -0.1) is 5.10 Å². The van der Waals surface area contributed by atoms with Crippen LogP contribution in [0.1, 0.15) is 31.2 Å². The van der Waals surface area contributed by atoms with Gasteiger partial charge in [-0.2, -0.15) is 0 Å². The van der Waals surface area contributed by atoms with E-state index >= 15 is 0 Å². The van der Waals surface area contributed by atoms with Gasteiger partial charge in [-0.25, -0.2) is 4.98 Å². The highest BCUT2D eigenvalue weighted by Gasteiger charge is 2.39. The maximum absolute atomic E-state index is 12.2. The Labute approximate surface area is 146 Å². The van der Waals surface area contributed by atoms with Gasteiger partial charge in [0, 0.05) is 11.6 Å². The Morgan fingerprint density at radius 1 is 1.38 bits per heavy atom. The minimum atomic E-state index is 0.0967. The van der Waals surface area contributed by atoms with Crippen LogP contribution in [0.15, 0.2) is 29.4 Å². The van der Waals surface area contributed by atoms with Crippen LogP contribution in [0.5, 0.6) is 0 Å². The molecule has 6 heteroatoms. The molecule has 1 heterocycles. The molecule has 0 saturated heterocycles. The number of amides is 1. The van der Waals surface area contributed by atoms with Crippen molar-refractivity contribution in [3.63, 3.8) is 0 Å². The number of rotatable bonds is 5.